The normalized spacial score (nSPS) is 22.5. The van der Waals surface area contributed by atoms with E-state index in [0.717, 1.165) is 38.9 Å². The molecule has 1 amide bonds. The van der Waals surface area contributed by atoms with Crippen LogP contribution in [0.2, 0.25) is 0 Å². The van der Waals surface area contributed by atoms with Crippen LogP contribution in [-0.4, -0.2) is 23.9 Å². The number of benzene rings is 1. The molecule has 0 radical (unpaired) electrons. The van der Waals surface area contributed by atoms with Crippen molar-refractivity contribution in [2.75, 3.05) is 13.1 Å². The molecule has 4 nitrogen and oxygen atoms in total. The Kier molecular flexibility index (Phi) is 3.93. The van der Waals surface area contributed by atoms with E-state index < -0.39 is 0 Å². The van der Waals surface area contributed by atoms with E-state index in [9.17, 15) is 4.79 Å². The predicted octanol–water partition coefficient (Wildman–Crippen LogP) is 3.64. The minimum Gasteiger partial charge on any atom is -0.472 e. The number of piperidine rings is 1. The van der Waals surface area contributed by atoms with Gasteiger partial charge in [-0.1, -0.05) is 24.3 Å². The van der Waals surface area contributed by atoms with Gasteiger partial charge in [-0.3, -0.25) is 9.69 Å². The molecule has 2 aliphatic rings. The first-order valence-electron chi connectivity index (χ1n) is 8.76. The number of nitrogens with one attached hydrogen (secondary N) is 1. The van der Waals surface area contributed by atoms with Gasteiger partial charge in [0.15, 0.2) is 0 Å². The SMILES string of the molecule is CC(=O)N[C@H]1CC2(CCN(Cc3ccoc3)CC2)c2ccccc21.[HH]. The maximum atomic E-state index is 11.6. The molecule has 1 aromatic heterocycles. The van der Waals surface area contributed by atoms with E-state index in [4.69, 9.17) is 4.42 Å². The van der Waals surface area contributed by atoms with Gasteiger partial charge < -0.3 is 9.73 Å². The van der Waals surface area contributed by atoms with Crippen LogP contribution in [0.15, 0.2) is 47.3 Å². The summed E-state index contributed by atoms with van der Waals surface area (Å²) in [6.07, 6.45) is 6.91. The molecule has 1 aliphatic carbocycles. The lowest BCUT2D eigenvalue weighted by Crippen LogP contribution is -2.41. The molecule has 2 heterocycles. The van der Waals surface area contributed by atoms with Crippen LogP contribution in [0, 0.1) is 0 Å². The van der Waals surface area contributed by atoms with Crippen LogP contribution in [0.25, 0.3) is 0 Å². The quantitative estimate of drug-likeness (QED) is 0.936. The number of rotatable bonds is 3. The van der Waals surface area contributed by atoms with E-state index in [-0.39, 0.29) is 18.8 Å². The molecule has 0 unspecified atom stereocenters. The second kappa shape index (κ2) is 6.10. The maximum Gasteiger partial charge on any atom is 0.217 e. The number of furan rings is 1. The second-order valence-electron chi connectivity index (χ2n) is 7.23. The van der Waals surface area contributed by atoms with E-state index >= 15 is 0 Å². The number of hydrogen-bond donors (Lipinski definition) is 1. The Morgan fingerprint density at radius 3 is 2.83 bits per heavy atom. The first-order chi connectivity index (χ1) is 11.7. The summed E-state index contributed by atoms with van der Waals surface area (Å²) in [5.41, 5.74) is 4.23. The number of amides is 1. The fourth-order valence-corrected chi connectivity index (χ4v) is 4.52. The van der Waals surface area contributed by atoms with Crippen molar-refractivity contribution in [2.45, 2.75) is 44.2 Å². The zero-order valence-electron chi connectivity index (χ0n) is 14.1. The molecule has 4 heteroatoms. The topological polar surface area (TPSA) is 45.5 Å². The van der Waals surface area contributed by atoms with Crippen LogP contribution in [0.4, 0.5) is 0 Å². The summed E-state index contributed by atoms with van der Waals surface area (Å²) in [6, 6.07) is 10.9. The van der Waals surface area contributed by atoms with Gasteiger partial charge in [0.1, 0.15) is 0 Å². The van der Waals surface area contributed by atoms with Crippen LogP contribution >= 0.6 is 0 Å². The number of hydrogen-bond acceptors (Lipinski definition) is 3. The van der Waals surface area contributed by atoms with E-state index in [2.05, 4.69) is 34.5 Å². The summed E-state index contributed by atoms with van der Waals surface area (Å²) in [5.74, 6) is 0.0595. The van der Waals surface area contributed by atoms with Crippen LogP contribution in [0.3, 0.4) is 0 Å². The molecule has 1 saturated heterocycles. The highest BCUT2D eigenvalue weighted by molar-refractivity contribution is 5.73. The molecule has 1 aromatic carbocycles. The van der Waals surface area contributed by atoms with Gasteiger partial charge in [0, 0.05) is 25.9 Å². The van der Waals surface area contributed by atoms with Crippen molar-refractivity contribution in [3.63, 3.8) is 0 Å². The summed E-state index contributed by atoms with van der Waals surface area (Å²) in [4.78, 5) is 14.1. The average molecular weight is 326 g/mol. The molecule has 1 spiro atoms. The first-order valence-corrected chi connectivity index (χ1v) is 8.76. The molecule has 4 rings (SSSR count). The van der Waals surface area contributed by atoms with Gasteiger partial charge in [0.2, 0.25) is 5.91 Å². The van der Waals surface area contributed by atoms with Crippen molar-refractivity contribution in [1.82, 2.24) is 10.2 Å². The monoisotopic (exact) mass is 326 g/mol. The Bertz CT molecular complexity index is 721. The molecule has 0 bridgehead atoms. The third-order valence-corrected chi connectivity index (χ3v) is 5.68. The molecule has 2 aromatic rings. The highest BCUT2D eigenvalue weighted by Gasteiger charge is 2.45. The summed E-state index contributed by atoms with van der Waals surface area (Å²) in [5, 5.41) is 3.15. The highest BCUT2D eigenvalue weighted by Crippen LogP contribution is 2.50. The average Bonchev–Trinajstić information content (AvgIpc) is 3.18. The summed E-state index contributed by atoms with van der Waals surface area (Å²) >= 11 is 0. The van der Waals surface area contributed by atoms with Crippen molar-refractivity contribution in [3.8, 4) is 0 Å². The summed E-state index contributed by atoms with van der Waals surface area (Å²) < 4.78 is 5.18. The standard InChI is InChI=1S/C20H24N2O2.H2/c1-15(23)21-19-12-20(18-5-3-2-4-17(18)19)7-9-22(10-8-20)13-16-6-11-24-14-16;/h2-6,11,14,19H,7-10,12-13H2,1H3,(H,21,23);1H/t19-;/m0./s1. The fourth-order valence-electron chi connectivity index (χ4n) is 4.52. The number of carbonyl (C=O) groups is 1. The van der Waals surface area contributed by atoms with Crippen LogP contribution in [-0.2, 0) is 16.8 Å². The zero-order chi connectivity index (χ0) is 16.6. The molecule has 1 aliphatic heterocycles. The smallest absolute Gasteiger partial charge is 0.217 e. The summed E-state index contributed by atoms with van der Waals surface area (Å²) in [7, 11) is 0. The Morgan fingerprint density at radius 1 is 1.33 bits per heavy atom. The van der Waals surface area contributed by atoms with Gasteiger partial charge in [-0.25, -0.2) is 0 Å². The zero-order valence-corrected chi connectivity index (χ0v) is 14.1. The Morgan fingerprint density at radius 2 is 2.12 bits per heavy atom. The van der Waals surface area contributed by atoms with E-state index in [1.807, 2.05) is 12.3 Å². The second-order valence-corrected chi connectivity index (χ2v) is 7.23. The third kappa shape index (κ3) is 2.75. The predicted molar refractivity (Wildman–Crippen MR) is 94.6 cm³/mol. The Labute approximate surface area is 144 Å². The van der Waals surface area contributed by atoms with Crippen molar-refractivity contribution in [1.29, 1.82) is 0 Å². The van der Waals surface area contributed by atoms with Crippen LogP contribution < -0.4 is 5.32 Å². The molecule has 128 valence electrons. The lowest BCUT2D eigenvalue weighted by molar-refractivity contribution is -0.119. The van der Waals surface area contributed by atoms with E-state index in [1.165, 1.54) is 16.7 Å². The lowest BCUT2D eigenvalue weighted by Gasteiger charge is -2.40. The van der Waals surface area contributed by atoms with Gasteiger partial charge in [-0.05, 0) is 49.5 Å². The number of carbonyl (C=O) groups excluding carboxylic acids is 1. The van der Waals surface area contributed by atoms with E-state index in [0.29, 0.717) is 0 Å². The molecular weight excluding hydrogens is 300 g/mol. The fraction of sp³-hybridized carbons (Fsp3) is 0.450. The van der Waals surface area contributed by atoms with E-state index in [1.54, 1.807) is 13.2 Å². The highest BCUT2D eigenvalue weighted by atomic mass is 16.3. The van der Waals surface area contributed by atoms with Crippen molar-refractivity contribution >= 4 is 5.91 Å². The van der Waals surface area contributed by atoms with Gasteiger partial charge >= 0.3 is 0 Å². The Balaban J connectivity index is 0.00000182. The van der Waals surface area contributed by atoms with Crippen molar-refractivity contribution < 1.29 is 10.6 Å². The molecular formula is C20H26N2O2. The number of fused-ring (bicyclic) bond motifs is 2. The first kappa shape index (κ1) is 15.5. The largest absolute Gasteiger partial charge is 0.472 e. The van der Waals surface area contributed by atoms with Crippen molar-refractivity contribution in [2.24, 2.45) is 0 Å². The minimum absolute atomic E-state index is 0. The van der Waals surface area contributed by atoms with Crippen LogP contribution in [0.1, 0.15) is 50.3 Å². The third-order valence-electron chi connectivity index (χ3n) is 5.68. The summed E-state index contributed by atoms with van der Waals surface area (Å²) in [6.45, 7) is 4.75. The number of likely N-dealkylation sites (tertiary alicyclic amines) is 1. The van der Waals surface area contributed by atoms with Crippen molar-refractivity contribution in [3.05, 3.63) is 59.5 Å². The lowest BCUT2D eigenvalue weighted by atomic mass is 9.73. The molecule has 0 saturated carbocycles. The van der Waals surface area contributed by atoms with Gasteiger partial charge in [0.05, 0.1) is 18.6 Å². The molecule has 1 fully saturated rings. The van der Waals surface area contributed by atoms with Gasteiger partial charge in [-0.2, -0.15) is 0 Å². The molecule has 24 heavy (non-hydrogen) atoms. The van der Waals surface area contributed by atoms with Gasteiger partial charge in [-0.15, -0.1) is 0 Å². The molecule has 1 atom stereocenters. The van der Waals surface area contributed by atoms with Gasteiger partial charge in [0.25, 0.3) is 0 Å². The van der Waals surface area contributed by atoms with Crippen LogP contribution in [0.5, 0.6) is 0 Å². The maximum absolute atomic E-state index is 11.6. The minimum atomic E-state index is 0. The number of nitrogens with zero attached hydrogens (tertiary/aromatic N) is 1. The molecule has 1 N–H and O–H groups in total. The Hall–Kier alpha value is -2.07.